The van der Waals surface area contributed by atoms with Crippen LogP contribution in [-0.2, 0) is 4.79 Å². The molecule has 1 rings (SSSR count). The van der Waals surface area contributed by atoms with Gasteiger partial charge in [-0.15, -0.1) is 0 Å². The first kappa shape index (κ1) is 17.4. The van der Waals surface area contributed by atoms with E-state index in [4.69, 9.17) is 0 Å². The van der Waals surface area contributed by atoms with Crippen LogP contribution in [0.3, 0.4) is 0 Å². The van der Waals surface area contributed by atoms with Crippen LogP contribution >= 0.6 is 0 Å². The lowest BCUT2D eigenvalue weighted by molar-refractivity contribution is -0.144. The number of nitrogens with zero attached hydrogens (tertiary/aromatic N) is 1. The SMILES string of the molecule is CCNC(C)(CCCN(C)C1CCCC(C)C1)C(=O)O. The van der Waals surface area contributed by atoms with Gasteiger partial charge in [-0.05, 0) is 58.7 Å². The molecule has 1 saturated carbocycles. The van der Waals surface area contributed by atoms with Crippen LogP contribution in [0.15, 0.2) is 0 Å². The number of hydrogen-bond donors (Lipinski definition) is 2. The lowest BCUT2D eigenvalue weighted by atomic mass is 9.86. The Morgan fingerprint density at radius 1 is 1.45 bits per heavy atom. The fourth-order valence-electron chi connectivity index (χ4n) is 3.33. The minimum atomic E-state index is -0.782. The van der Waals surface area contributed by atoms with Crippen molar-refractivity contribution in [2.24, 2.45) is 5.92 Å². The summed E-state index contributed by atoms with van der Waals surface area (Å²) >= 11 is 0. The molecule has 0 radical (unpaired) electrons. The highest BCUT2D eigenvalue weighted by Gasteiger charge is 2.31. The van der Waals surface area contributed by atoms with Gasteiger partial charge in [0.05, 0.1) is 0 Å². The summed E-state index contributed by atoms with van der Waals surface area (Å²) in [6, 6.07) is 0.689. The van der Waals surface area contributed by atoms with Gasteiger partial charge in [0.1, 0.15) is 5.54 Å². The number of carboxylic acids is 1. The summed E-state index contributed by atoms with van der Waals surface area (Å²) in [4.78, 5) is 13.8. The molecular formula is C16H32N2O2. The Balaban J connectivity index is 2.36. The quantitative estimate of drug-likeness (QED) is 0.719. The van der Waals surface area contributed by atoms with E-state index in [1.54, 1.807) is 6.92 Å². The van der Waals surface area contributed by atoms with Gasteiger partial charge in [0.25, 0.3) is 0 Å². The zero-order valence-corrected chi connectivity index (χ0v) is 13.6. The lowest BCUT2D eigenvalue weighted by Crippen LogP contribution is -2.49. The van der Waals surface area contributed by atoms with E-state index in [0.29, 0.717) is 19.0 Å². The van der Waals surface area contributed by atoms with Gasteiger partial charge in [-0.1, -0.05) is 26.7 Å². The molecule has 4 heteroatoms. The summed E-state index contributed by atoms with van der Waals surface area (Å²) in [6.07, 6.45) is 6.90. The normalized spacial score (nSPS) is 26.4. The minimum Gasteiger partial charge on any atom is -0.480 e. The molecule has 0 bridgehead atoms. The Morgan fingerprint density at radius 2 is 2.15 bits per heavy atom. The second kappa shape index (κ2) is 7.99. The minimum absolute atomic E-state index is 0.683. The van der Waals surface area contributed by atoms with Crippen molar-refractivity contribution in [2.75, 3.05) is 20.1 Å². The van der Waals surface area contributed by atoms with Crippen LogP contribution in [0.5, 0.6) is 0 Å². The third-order valence-electron chi connectivity index (χ3n) is 4.76. The highest BCUT2D eigenvalue weighted by atomic mass is 16.4. The molecule has 0 heterocycles. The molecule has 118 valence electrons. The summed E-state index contributed by atoms with van der Waals surface area (Å²) < 4.78 is 0. The number of rotatable bonds is 8. The number of carbonyl (C=O) groups is 1. The van der Waals surface area contributed by atoms with E-state index >= 15 is 0 Å². The van der Waals surface area contributed by atoms with Gasteiger partial charge in [0.15, 0.2) is 0 Å². The van der Waals surface area contributed by atoms with E-state index in [9.17, 15) is 9.90 Å². The summed E-state index contributed by atoms with van der Waals surface area (Å²) in [5.74, 6) is 0.0931. The van der Waals surface area contributed by atoms with E-state index < -0.39 is 11.5 Å². The lowest BCUT2D eigenvalue weighted by Gasteiger charge is -2.35. The number of aliphatic carboxylic acids is 1. The third-order valence-corrected chi connectivity index (χ3v) is 4.76. The van der Waals surface area contributed by atoms with Gasteiger partial charge in [0.2, 0.25) is 0 Å². The molecule has 1 aliphatic carbocycles. The largest absolute Gasteiger partial charge is 0.480 e. The highest BCUT2D eigenvalue weighted by Crippen LogP contribution is 2.27. The fourth-order valence-corrected chi connectivity index (χ4v) is 3.33. The molecule has 3 unspecified atom stereocenters. The number of likely N-dealkylation sites (N-methyl/N-ethyl adjacent to an activating group) is 1. The van der Waals surface area contributed by atoms with Crippen LogP contribution in [0.1, 0.15) is 59.3 Å². The summed E-state index contributed by atoms with van der Waals surface area (Å²) in [5.41, 5.74) is -0.782. The van der Waals surface area contributed by atoms with Crippen molar-refractivity contribution in [1.29, 1.82) is 0 Å². The van der Waals surface area contributed by atoms with E-state index in [0.717, 1.165) is 18.9 Å². The molecule has 0 aromatic carbocycles. The van der Waals surface area contributed by atoms with Crippen LogP contribution in [0, 0.1) is 5.92 Å². The van der Waals surface area contributed by atoms with Crippen molar-refractivity contribution >= 4 is 5.97 Å². The second-order valence-corrected chi connectivity index (χ2v) is 6.68. The maximum atomic E-state index is 11.4. The molecule has 20 heavy (non-hydrogen) atoms. The molecule has 0 aliphatic heterocycles. The van der Waals surface area contributed by atoms with Gasteiger partial charge in [0, 0.05) is 6.04 Å². The van der Waals surface area contributed by atoms with Crippen molar-refractivity contribution in [1.82, 2.24) is 10.2 Å². The predicted molar refractivity (Wildman–Crippen MR) is 83.0 cm³/mol. The smallest absolute Gasteiger partial charge is 0.323 e. The van der Waals surface area contributed by atoms with Gasteiger partial charge in [-0.25, -0.2) is 0 Å². The molecule has 1 fully saturated rings. The Labute approximate surface area is 123 Å². The molecule has 2 N–H and O–H groups in total. The zero-order valence-electron chi connectivity index (χ0n) is 13.6. The Kier molecular flexibility index (Phi) is 6.96. The Morgan fingerprint density at radius 3 is 2.70 bits per heavy atom. The number of carboxylic acid groups (broad SMARTS) is 1. The topological polar surface area (TPSA) is 52.6 Å². The molecule has 4 nitrogen and oxygen atoms in total. The molecule has 0 spiro atoms. The number of hydrogen-bond acceptors (Lipinski definition) is 3. The Bertz CT molecular complexity index is 309. The highest BCUT2D eigenvalue weighted by molar-refractivity contribution is 5.78. The average Bonchev–Trinajstić information content (AvgIpc) is 2.38. The standard InChI is InChI=1S/C16H32N2O2/c1-5-17-16(3,15(19)20)10-7-11-18(4)14-9-6-8-13(2)12-14/h13-14,17H,5-12H2,1-4H3,(H,19,20). The molecule has 0 saturated heterocycles. The summed E-state index contributed by atoms with van der Waals surface area (Å²) in [5, 5.41) is 12.4. The maximum absolute atomic E-state index is 11.4. The molecule has 0 amide bonds. The van der Waals surface area contributed by atoms with E-state index in [2.05, 4.69) is 24.2 Å². The first-order valence-corrected chi connectivity index (χ1v) is 8.07. The average molecular weight is 284 g/mol. The maximum Gasteiger partial charge on any atom is 0.323 e. The van der Waals surface area contributed by atoms with Gasteiger partial charge in [-0.3, -0.25) is 4.79 Å². The van der Waals surface area contributed by atoms with Crippen LogP contribution in [0.4, 0.5) is 0 Å². The van der Waals surface area contributed by atoms with Crippen molar-refractivity contribution < 1.29 is 9.90 Å². The first-order valence-electron chi connectivity index (χ1n) is 8.07. The van der Waals surface area contributed by atoms with Gasteiger partial charge in [-0.2, -0.15) is 0 Å². The third kappa shape index (κ3) is 5.06. The number of nitrogens with one attached hydrogen (secondary N) is 1. The fraction of sp³-hybridized carbons (Fsp3) is 0.938. The Hall–Kier alpha value is -0.610. The monoisotopic (exact) mass is 284 g/mol. The van der Waals surface area contributed by atoms with Crippen LogP contribution in [0.2, 0.25) is 0 Å². The summed E-state index contributed by atoms with van der Waals surface area (Å²) in [6.45, 7) is 7.77. The predicted octanol–water partition coefficient (Wildman–Crippen LogP) is 2.73. The molecular weight excluding hydrogens is 252 g/mol. The van der Waals surface area contributed by atoms with Crippen LogP contribution < -0.4 is 5.32 Å². The van der Waals surface area contributed by atoms with Crippen molar-refractivity contribution in [3.05, 3.63) is 0 Å². The van der Waals surface area contributed by atoms with E-state index in [1.807, 2.05) is 6.92 Å². The van der Waals surface area contributed by atoms with Crippen molar-refractivity contribution in [3.8, 4) is 0 Å². The van der Waals surface area contributed by atoms with Gasteiger partial charge >= 0.3 is 5.97 Å². The van der Waals surface area contributed by atoms with E-state index in [1.165, 1.54) is 25.7 Å². The van der Waals surface area contributed by atoms with Gasteiger partial charge < -0.3 is 15.3 Å². The zero-order chi connectivity index (χ0) is 15.2. The first-order chi connectivity index (χ1) is 9.39. The van der Waals surface area contributed by atoms with E-state index in [-0.39, 0.29) is 0 Å². The van der Waals surface area contributed by atoms with Crippen molar-refractivity contribution in [2.45, 2.75) is 70.9 Å². The molecule has 1 aliphatic rings. The molecule has 3 atom stereocenters. The van der Waals surface area contributed by atoms with Crippen molar-refractivity contribution in [3.63, 3.8) is 0 Å². The molecule has 0 aromatic heterocycles. The van der Waals surface area contributed by atoms with Crippen LogP contribution in [0.25, 0.3) is 0 Å². The summed E-state index contributed by atoms with van der Waals surface area (Å²) in [7, 11) is 2.19. The molecule has 0 aromatic rings. The van der Waals surface area contributed by atoms with Crippen LogP contribution in [-0.4, -0.2) is 47.7 Å². The second-order valence-electron chi connectivity index (χ2n) is 6.68.